The largest absolute Gasteiger partial charge is 0.494 e. The highest BCUT2D eigenvalue weighted by molar-refractivity contribution is 6.18. The van der Waals surface area contributed by atoms with Gasteiger partial charge in [0.05, 0.1) is 6.61 Å². The molecule has 0 amide bonds. The van der Waals surface area contributed by atoms with Crippen LogP contribution in [0.2, 0.25) is 0 Å². The summed E-state index contributed by atoms with van der Waals surface area (Å²) in [5.74, 6) is 2.36. The molecule has 0 heterocycles. The van der Waals surface area contributed by atoms with E-state index in [4.69, 9.17) is 16.3 Å². The second kappa shape index (κ2) is 10.2. The van der Waals surface area contributed by atoms with E-state index < -0.39 is 0 Å². The summed E-state index contributed by atoms with van der Waals surface area (Å²) >= 11 is 5.75. The molecule has 1 unspecified atom stereocenters. The fraction of sp³-hybridized carbons (Fsp3) is 0.600. The van der Waals surface area contributed by atoms with Crippen LogP contribution in [0, 0.1) is 5.92 Å². The van der Waals surface area contributed by atoms with Gasteiger partial charge < -0.3 is 10.1 Å². The Kier molecular flexibility index (Phi) is 8.70. The third-order valence-electron chi connectivity index (χ3n) is 2.82. The van der Waals surface area contributed by atoms with Gasteiger partial charge in [0.2, 0.25) is 0 Å². The number of alkyl halides is 1. The average Bonchev–Trinajstić information content (AvgIpc) is 2.42. The van der Waals surface area contributed by atoms with Crippen molar-refractivity contribution in [1.82, 2.24) is 5.32 Å². The van der Waals surface area contributed by atoms with E-state index in [1.54, 1.807) is 0 Å². The summed E-state index contributed by atoms with van der Waals surface area (Å²) in [7, 11) is 0. The molecule has 1 rings (SSSR count). The van der Waals surface area contributed by atoms with E-state index in [0.717, 1.165) is 37.7 Å². The molecule has 0 aliphatic heterocycles. The van der Waals surface area contributed by atoms with Gasteiger partial charge in [-0.2, -0.15) is 0 Å². The van der Waals surface area contributed by atoms with E-state index in [2.05, 4.69) is 12.2 Å². The Bertz CT molecular complexity index is 292. The summed E-state index contributed by atoms with van der Waals surface area (Å²) in [4.78, 5) is 0. The van der Waals surface area contributed by atoms with Gasteiger partial charge in [-0.25, -0.2) is 0 Å². The summed E-state index contributed by atoms with van der Waals surface area (Å²) < 4.78 is 5.61. The van der Waals surface area contributed by atoms with Crippen LogP contribution in [0.3, 0.4) is 0 Å². The number of nitrogens with one attached hydrogen (secondary N) is 1. The first-order valence-electron chi connectivity index (χ1n) is 6.77. The van der Waals surface area contributed by atoms with E-state index >= 15 is 0 Å². The molecule has 0 radical (unpaired) electrons. The minimum absolute atomic E-state index is 0.634. The summed E-state index contributed by atoms with van der Waals surface area (Å²) in [6.45, 7) is 5.06. The molecular weight excluding hydrogens is 246 g/mol. The van der Waals surface area contributed by atoms with E-state index in [9.17, 15) is 0 Å². The Morgan fingerprint density at radius 3 is 2.61 bits per heavy atom. The highest BCUT2D eigenvalue weighted by atomic mass is 35.5. The van der Waals surface area contributed by atoms with Crippen LogP contribution in [0.15, 0.2) is 30.3 Å². The monoisotopic (exact) mass is 269 g/mol. The Hall–Kier alpha value is -0.730. The van der Waals surface area contributed by atoms with Crippen molar-refractivity contribution in [2.45, 2.75) is 26.2 Å². The van der Waals surface area contributed by atoms with Gasteiger partial charge in [0, 0.05) is 5.88 Å². The smallest absolute Gasteiger partial charge is 0.119 e. The van der Waals surface area contributed by atoms with Crippen LogP contribution < -0.4 is 10.1 Å². The fourth-order valence-electron chi connectivity index (χ4n) is 1.68. The molecule has 2 nitrogen and oxygen atoms in total. The molecule has 0 saturated carbocycles. The zero-order chi connectivity index (χ0) is 13.1. The molecule has 0 fully saturated rings. The first-order valence-corrected chi connectivity index (χ1v) is 7.31. The molecule has 1 atom stereocenters. The van der Waals surface area contributed by atoms with E-state index in [1.165, 1.54) is 12.8 Å². The quantitative estimate of drug-likeness (QED) is 0.517. The van der Waals surface area contributed by atoms with Gasteiger partial charge in [0.25, 0.3) is 0 Å². The van der Waals surface area contributed by atoms with Crippen molar-refractivity contribution in [3.05, 3.63) is 30.3 Å². The maximum atomic E-state index is 5.75. The third-order valence-corrected chi connectivity index (χ3v) is 3.35. The summed E-state index contributed by atoms with van der Waals surface area (Å²) in [5.41, 5.74) is 0. The predicted molar refractivity (Wildman–Crippen MR) is 78.5 cm³/mol. The zero-order valence-electron chi connectivity index (χ0n) is 11.2. The summed E-state index contributed by atoms with van der Waals surface area (Å²) in [6, 6.07) is 9.95. The summed E-state index contributed by atoms with van der Waals surface area (Å²) in [6.07, 6.45) is 3.45. The molecule has 0 bridgehead atoms. The first kappa shape index (κ1) is 15.3. The van der Waals surface area contributed by atoms with Crippen LogP contribution in [0.4, 0.5) is 0 Å². The van der Waals surface area contributed by atoms with Crippen LogP contribution in [0.5, 0.6) is 5.75 Å². The van der Waals surface area contributed by atoms with Crippen LogP contribution in [0.1, 0.15) is 26.2 Å². The molecule has 1 aromatic rings. The molecule has 1 aromatic carbocycles. The molecule has 0 aliphatic rings. The lowest BCUT2D eigenvalue weighted by atomic mass is 10.1. The highest BCUT2D eigenvalue weighted by Crippen LogP contribution is 2.08. The van der Waals surface area contributed by atoms with Crippen molar-refractivity contribution in [3.63, 3.8) is 0 Å². The standard InChI is InChI=1S/C15H24ClNO/c1-14(13-16)7-5-10-17-11-6-12-18-15-8-3-2-4-9-15/h2-4,8-9,14,17H,5-7,10-13H2,1H3. The molecule has 18 heavy (non-hydrogen) atoms. The number of hydrogen-bond donors (Lipinski definition) is 1. The number of ether oxygens (including phenoxy) is 1. The maximum Gasteiger partial charge on any atom is 0.119 e. The van der Waals surface area contributed by atoms with Crippen molar-refractivity contribution < 1.29 is 4.74 Å². The van der Waals surface area contributed by atoms with Crippen LogP contribution in [0.25, 0.3) is 0 Å². The van der Waals surface area contributed by atoms with Crippen molar-refractivity contribution >= 4 is 11.6 Å². The average molecular weight is 270 g/mol. The minimum Gasteiger partial charge on any atom is -0.494 e. The van der Waals surface area contributed by atoms with Gasteiger partial charge >= 0.3 is 0 Å². The number of para-hydroxylation sites is 1. The molecule has 102 valence electrons. The normalized spacial score (nSPS) is 12.3. The van der Waals surface area contributed by atoms with Gasteiger partial charge in [-0.15, -0.1) is 11.6 Å². The summed E-state index contributed by atoms with van der Waals surface area (Å²) in [5, 5.41) is 3.43. The Labute approximate surface area is 116 Å². The lowest BCUT2D eigenvalue weighted by Crippen LogP contribution is -2.19. The van der Waals surface area contributed by atoms with Crippen molar-refractivity contribution in [3.8, 4) is 5.75 Å². The van der Waals surface area contributed by atoms with Crippen molar-refractivity contribution in [1.29, 1.82) is 0 Å². The molecular formula is C15H24ClNO. The molecule has 0 saturated heterocycles. The number of benzene rings is 1. The van der Waals surface area contributed by atoms with E-state index in [1.807, 2.05) is 30.3 Å². The second-order valence-corrected chi connectivity index (χ2v) is 4.98. The molecule has 0 aromatic heterocycles. The lowest BCUT2D eigenvalue weighted by molar-refractivity contribution is 0.308. The van der Waals surface area contributed by atoms with Crippen molar-refractivity contribution in [2.75, 3.05) is 25.6 Å². The van der Waals surface area contributed by atoms with Crippen LogP contribution >= 0.6 is 11.6 Å². The highest BCUT2D eigenvalue weighted by Gasteiger charge is 1.98. The van der Waals surface area contributed by atoms with Gasteiger partial charge in [0.15, 0.2) is 0 Å². The number of halogens is 1. The SMILES string of the molecule is CC(CCl)CCCNCCCOc1ccccc1. The molecule has 1 N–H and O–H groups in total. The van der Waals surface area contributed by atoms with Crippen LogP contribution in [-0.4, -0.2) is 25.6 Å². The van der Waals surface area contributed by atoms with Crippen molar-refractivity contribution in [2.24, 2.45) is 5.92 Å². The topological polar surface area (TPSA) is 21.3 Å². The van der Waals surface area contributed by atoms with Gasteiger partial charge in [-0.3, -0.25) is 0 Å². The van der Waals surface area contributed by atoms with Gasteiger partial charge in [-0.05, 0) is 50.4 Å². The first-order chi connectivity index (χ1) is 8.83. The van der Waals surface area contributed by atoms with E-state index in [0.29, 0.717) is 5.92 Å². The molecule has 0 spiro atoms. The van der Waals surface area contributed by atoms with Gasteiger partial charge in [-0.1, -0.05) is 25.1 Å². The third kappa shape index (κ3) is 7.57. The lowest BCUT2D eigenvalue weighted by Gasteiger charge is -2.09. The second-order valence-electron chi connectivity index (χ2n) is 4.67. The Morgan fingerprint density at radius 1 is 1.17 bits per heavy atom. The minimum atomic E-state index is 0.634. The Morgan fingerprint density at radius 2 is 1.89 bits per heavy atom. The molecule has 0 aliphatic carbocycles. The maximum absolute atomic E-state index is 5.75. The predicted octanol–water partition coefficient (Wildman–Crippen LogP) is 3.70. The van der Waals surface area contributed by atoms with E-state index in [-0.39, 0.29) is 0 Å². The fourth-order valence-corrected chi connectivity index (χ4v) is 1.84. The van der Waals surface area contributed by atoms with Gasteiger partial charge in [0.1, 0.15) is 5.75 Å². The number of hydrogen-bond acceptors (Lipinski definition) is 2. The van der Waals surface area contributed by atoms with Crippen LogP contribution in [-0.2, 0) is 0 Å². The zero-order valence-corrected chi connectivity index (χ0v) is 12.0. The number of rotatable bonds is 10. The molecule has 3 heteroatoms. The Balaban J connectivity index is 1.87.